The standard InChI is InChI=1S/C14H18O3S/c1-17-11-6-5-10-3-2-4-13(12(10)9-11)18-8-7-14(15)16/h5-6,9,13H,2-4,7-8H2,1H3,(H,15,16). The van der Waals surface area contributed by atoms with Gasteiger partial charge in [-0.25, -0.2) is 0 Å². The molecule has 1 aromatic carbocycles. The Morgan fingerprint density at radius 1 is 1.56 bits per heavy atom. The highest BCUT2D eigenvalue weighted by atomic mass is 32.2. The molecule has 0 fully saturated rings. The zero-order valence-electron chi connectivity index (χ0n) is 10.5. The molecule has 1 aromatic rings. The summed E-state index contributed by atoms with van der Waals surface area (Å²) in [6.07, 6.45) is 3.67. The Morgan fingerprint density at radius 3 is 3.11 bits per heavy atom. The molecule has 2 rings (SSSR count). The number of aliphatic carboxylic acids is 1. The molecule has 0 radical (unpaired) electrons. The number of aryl methyl sites for hydroxylation is 1. The van der Waals surface area contributed by atoms with E-state index in [4.69, 9.17) is 9.84 Å². The van der Waals surface area contributed by atoms with Gasteiger partial charge in [0.05, 0.1) is 13.5 Å². The van der Waals surface area contributed by atoms with Gasteiger partial charge in [-0.2, -0.15) is 11.8 Å². The number of carbonyl (C=O) groups is 1. The number of hydrogen-bond acceptors (Lipinski definition) is 3. The average Bonchev–Trinajstić information content (AvgIpc) is 2.38. The Labute approximate surface area is 112 Å². The van der Waals surface area contributed by atoms with Crippen molar-refractivity contribution in [1.29, 1.82) is 0 Å². The van der Waals surface area contributed by atoms with Crippen molar-refractivity contribution in [1.82, 2.24) is 0 Å². The molecule has 0 aromatic heterocycles. The minimum absolute atomic E-state index is 0.237. The van der Waals surface area contributed by atoms with Crippen molar-refractivity contribution in [2.24, 2.45) is 0 Å². The second kappa shape index (κ2) is 6.14. The van der Waals surface area contributed by atoms with Crippen molar-refractivity contribution >= 4 is 17.7 Å². The van der Waals surface area contributed by atoms with Crippen LogP contribution < -0.4 is 4.74 Å². The number of rotatable bonds is 5. The van der Waals surface area contributed by atoms with Gasteiger partial charge in [0.2, 0.25) is 0 Å². The fourth-order valence-electron chi connectivity index (χ4n) is 2.32. The number of fused-ring (bicyclic) bond motifs is 1. The Kier molecular flexibility index (Phi) is 4.53. The summed E-state index contributed by atoms with van der Waals surface area (Å²) in [6, 6.07) is 6.24. The van der Waals surface area contributed by atoms with Gasteiger partial charge < -0.3 is 9.84 Å². The first-order chi connectivity index (χ1) is 8.70. The molecule has 1 unspecified atom stereocenters. The van der Waals surface area contributed by atoms with E-state index >= 15 is 0 Å². The molecule has 0 aliphatic heterocycles. The van der Waals surface area contributed by atoms with Crippen LogP contribution in [0.1, 0.15) is 35.6 Å². The maximum atomic E-state index is 10.6. The van der Waals surface area contributed by atoms with Crippen molar-refractivity contribution in [3.05, 3.63) is 29.3 Å². The third-order valence-corrected chi connectivity index (χ3v) is 4.58. The second-order valence-electron chi connectivity index (χ2n) is 4.46. The van der Waals surface area contributed by atoms with E-state index in [1.165, 1.54) is 17.5 Å². The van der Waals surface area contributed by atoms with Gasteiger partial charge in [-0.05, 0) is 42.5 Å². The topological polar surface area (TPSA) is 46.5 Å². The van der Waals surface area contributed by atoms with E-state index in [1.54, 1.807) is 18.9 Å². The van der Waals surface area contributed by atoms with Crippen LogP contribution >= 0.6 is 11.8 Å². The minimum Gasteiger partial charge on any atom is -0.497 e. The normalized spacial score (nSPS) is 18.2. The number of methoxy groups -OCH3 is 1. The van der Waals surface area contributed by atoms with Crippen LogP contribution in [0.15, 0.2) is 18.2 Å². The van der Waals surface area contributed by atoms with Crippen LogP contribution in [0.2, 0.25) is 0 Å². The van der Waals surface area contributed by atoms with E-state index in [0.717, 1.165) is 18.6 Å². The van der Waals surface area contributed by atoms with Gasteiger partial charge in [-0.3, -0.25) is 4.79 Å². The molecule has 0 bridgehead atoms. The zero-order valence-corrected chi connectivity index (χ0v) is 11.3. The van der Waals surface area contributed by atoms with Gasteiger partial charge in [0.25, 0.3) is 0 Å². The van der Waals surface area contributed by atoms with Crippen molar-refractivity contribution in [2.45, 2.75) is 30.9 Å². The number of carboxylic acids is 1. The highest BCUT2D eigenvalue weighted by molar-refractivity contribution is 7.99. The average molecular weight is 266 g/mol. The first-order valence-electron chi connectivity index (χ1n) is 6.21. The number of benzene rings is 1. The summed E-state index contributed by atoms with van der Waals surface area (Å²) >= 11 is 1.75. The molecule has 4 heteroatoms. The first-order valence-corrected chi connectivity index (χ1v) is 7.26. The van der Waals surface area contributed by atoms with Crippen molar-refractivity contribution in [3.63, 3.8) is 0 Å². The monoisotopic (exact) mass is 266 g/mol. The van der Waals surface area contributed by atoms with Crippen LogP contribution in [0.25, 0.3) is 0 Å². The Morgan fingerprint density at radius 2 is 2.39 bits per heavy atom. The van der Waals surface area contributed by atoms with Crippen LogP contribution in [0.3, 0.4) is 0 Å². The van der Waals surface area contributed by atoms with Crippen LogP contribution in [0.4, 0.5) is 0 Å². The summed E-state index contributed by atoms with van der Waals surface area (Å²) in [7, 11) is 1.68. The molecule has 1 N–H and O–H groups in total. The highest BCUT2D eigenvalue weighted by Crippen LogP contribution is 2.41. The molecule has 98 valence electrons. The summed E-state index contributed by atoms with van der Waals surface area (Å²) in [5, 5.41) is 9.11. The molecule has 0 saturated heterocycles. The van der Waals surface area contributed by atoms with Crippen LogP contribution in [0, 0.1) is 0 Å². The summed E-state index contributed by atoms with van der Waals surface area (Å²) in [4.78, 5) is 10.6. The van der Waals surface area contributed by atoms with Crippen molar-refractivity contribution in [2.75, 3.05) is 12.9 Å². The molecule has 1 atom stereocenters. The molecule has 18 heavy (non-hydrogen) atoms. The van der Waals surface area contributed by atoms with Gasteiger partial charge in [-0.15, -0.1) is 0 Å². The summed E-state index contributed by atoms with van der Waals surface area (Å²) in [5.74, 6) is 0.847. The summed E-state index contributed by atoms with van der Waals surface area (Å²) in [6.45, 7) is 0. The lowest BCUT2D eigenvalue weighted by atomic mass is 9.91. The third-order valence-electron chi connectivity index (χ3n) is 3.25. The largest absolute Gasteiger partial charge is 0.497 e. The van der Waals surface area contributed by atoms with Gasteiger partial charge in [0.1, 0.15) is 5.75 Å². The van der Waals surface area contributed by atoms with E-state index in [0.29, 0.717) is 11.0 Å². The number of thioether (sulfide) groups is 1. The molecular formula is C14H18O3S. The lowest BCUT2D eigenvalue weighted by Crippen LogP contribution is -2.08. The fourth-order valence-corrected chi connectivity index (χ4v) is 3.63. The van der Waals surface area contributed by atoms with Crippen molar-refractivity contribution < 1.29 is 14.6 Å². The van der Waals surface area contributed by atoms with Gasteiger partial charge in [0.15, 0.2) is 0 Å². The van der Waals surface area contributed by atoms with E-state index in [1.807, 2.05) is 6.07 Å². The number of carboxylic acid groups (broad SMARTS) is 1. The van der Waals surface area contributed by atoms with E-state index in [9.17, 15) is 4.79 Å². The Balaban J connectivity index is 2.08. The number of hydrogen-bond donors (Lipinski definition) is 1. The molecule has 0 amide bonds. The second-order valence-corrected chi connectivity index (χ2v) is 5.77. The third kappa shape index (κ3) is 3.19. The van der Waals surface area contributed by atoms with Crippen LogP contribution in [0.5, 0.6) is 5.75 Å². The zero-order chi connectivity index (χ0) is 13.0. The lowest BCUT2D eigenvalue weighted by molar-refractivity contribution is -0.136. The molecular weight excluding hydrogens is 248 g/mol. The Hall–Kier alpha value is -1.16. The smallest absolute Gasteiger partial charge is 0.304 e. The van der Waals surface area contributed by atoms with E-state index < -0.39 is 5.97 Å². The molecule has 1 aliphatic carbocycles. The number of ether oxygens (including phenoxy) is 1. The van der Waals surface area contributed by atoms with E-state index in [2.05, 4.69) is 12.1 Å². The predicted molar refractivity (Wildman–Crippen MR) is 73.4 cm³/mol. The fraction of sp³-hybridized carbons (Fsp3) is 0.500. The van der Waals surface area contributed by atoms with Gasteiger partial charge >= 0.3 is 5.97 Å². The molecule has 0 heterocycles. The summed E-state index contributed by atoms with van der Waals surface area (Å²) < 4.78 is 5.27. The quantitative estimate of drug-likeness (QED) is 0.888. The van der Waals surface area contributed by atoms with Gasteiger partial charge in [-0.1, -0.05) is 6.07 Å². The minimum atomic E-state index is -0.718. The Bertz CT molecular complexity index is 431. The van der Waals surface area contributed by atoms with E-state index in [-0.39, 0.29) is 6.42 Å². The highest BCUT2D eigenvalue weighted by Gasteiger charge is 2.21. The predicted octanol–water partition coefficient (Wildman–Crippen LogP) is 3.28. The first kappa shape index (κ1) is 13.3. The molecule has 1 aliphatic rings. The molecule has 0 saturated carbocycles. The SMILES string of the molecule is COc1ccc2c(c1)C(SCCC(=O)O)CCC2. The maximum absolute atomic E-state index is 10.6. The molecule has 0 spiro atoms. The maximum Gasteiger partial charge on any atom is 0.304 e. The van der Waals surface area contributed by atoms with Crippen molar-refractivity contribution in [3.8, 4) is 5.75 Å². The van der Waals surface area contributed by atoms with Crippen LogP contribution in [-0.4, -0.2) is 23.9 Å². The van der Waals surface area contributed by atoms with Gasteiger partial charge in [0, 0.05) is 11.0 Å². The summed E-state index contributed by atoms with van der Waals surface area (Å²) in [5.41, 5.74) is 2.71. The van der Waals surface area contributed by atoms with Crippen LogP contribution in [-0.2, 0) is 11.2 Å². The lowest BCUT2D eigenvalue weighted by Gasteiger charge is -2.25. The molecule has 3 nitrogen and oxygen atoms in total.